The summed E-state index contributed by atoms with van der Waals surface area (Å²) >= 11 is 0. The third-order valence-corrected chi connectivity index (χ3v) is 4.02. The molecule has 2 aromatic rings. The van der Waals surface area contributed by atoms with Crippen molar-refractivity contribution in [2.24, 2.45) is 4.99 Å². The van der Waals surface area contributed by atoms with Crippen LogP contribution in [0.1, 0.15) is 30.5 Å². The van der Waals surface area contributed by atoms with E-state index in [4.69, 9.17) is 9.47 Å². The third kappa shape index (κ3) is 6.81. The van der Waals surface area contributed by atoms with Crippen molar-refractivity contribution in [3.8, 4) is 11.6 Å². The molecule has 0 saturated heterocycles. The summed E-state index contributed by atoms with van der Waals surface area (Å²) in [4.78, 5) is 8.58. The normalized spacial score (nSPS) is 11.4. The summed E-state index contributed by atoms with van der Waals surface area (Å²) in [6.45, 7) is 7.44. The standard InChI is InChI=1S/C21H30N4O2/c1-15(2)27-20-9-8-18(13-24-20)14-25-21(22-4)23-11-10-17-7-6-16(3)19(12-17)26-5/h6-9,12-13,15H,10-11,14H2,1-5H3,(H2,22,23,25). The lowest BCUT2D eigenvalue weighted by Gasteiger charge is -2.13. The van der Waals surface area contributed by atoms with E-state index in [1.165, 1.54) is 5.56 Å². The van der Waals surface area contributed by atoms with Crippen LogP contribution in [0.3, 0.4) is 0 Å². The summed E-state index contributed by atoms with van der Waals surface area (Å²) in [5.74, 6) is 2.33. The van der Waals surface area contributed by atoms with Gasteiger partial charge in [0.05, 0.1) is 13.2 Å². The van der Waals surface area contributed by atoms with Crippen molar-refractivity contribution in [3.63, 3.8) is 0 Å². The van der Waals surface area contributed by atoms with E-state index in [0.29, 0.717) is 12.4 Å². The van der Waals surface area contributed by atoms with E-state index in [1.54, 1.807) is 14.2 Å². The Morgan fingerprint density at radius 2 is 1.93 bits per heavy atom. The van der Waals surface area contributed by atoms with Crippen LogP contribution in [0.25, 0.3) is 0 Å². The second kappa shape index (κ2) is 10.4. The predicted molar refractivity (Wildman–Crippen MR) is 110 cm³/mol. The number of methoxy groups -OCH3 is 1. The first-order valence-electron chi connectivity index (χ1n) is 9.21. The molecule has 0 unspecified atom stereocenters. The van der Waals surface area contributed by atoms with Gasteiger partial charge in [0.2, 0.25) is 5.88 Å². The van der Waals surface area contributed by atoms with Crippen molar-refractivity contribution in [1.82, 2.24) is 15.6 Å². The van der Waals surface area contributed by atoms with Gasteiger partial charge >= 0.3 is 0 Å². The Labute approximate surface area is 162 Å². The number of aliphatic imine (C=N–C) groups is 1. The fraction of sp³-hybridized carbons (Fsp3) is 0.429. The van der Waals surface area contributed by atoms with Gasteiger partial charge in [0, 0.05) is 32.4 Å². The molecule has 0 bridgehead atoms. The first-order chi connectivity index (χ1) is 13.0. The summed E-state index contributed by atoms with van der Waals surface area (Å²) in [5.41, 5.74) is 3.44. The molecule has 0 aliphatic rings. The monoisotopic (exact) mass is 370 g/mol. The number of hydrogen-bond acceptors (Lipinski definition) is 4. The van der Waals surface area contributed by atoms with Crippen LogP contribution in [0.15, 0.2) is 41.5 Å². The van der Waals surface area contributed by atoms with Crippen LogP contribution in [-0.2, 0) is 13.0 Å². The molecule has 1 aromatic carbocycles. The molecular weight excluding hydrogens is 340 g/mol. The van der Waals surface area contributed by atoms with Gasteiger partial charge in [-0.3, -0.25) is 4.99 Å². The molecule has 0 radical (unpaired) electrons. The second-order valence-corrected chi connectivity index (χ2v) is 6.58. The molecule has 1 aromatic heterocycles. The van der Waals surface area contributed by atoms with Crippen molar-refractivity contribution < 1.29 is 9.47 Å². The fourth-order valence-electron chi connectivity index (χ4n) is 2.58. The molecule has 0 atom stereocenters. The Balaban J connectivity index is 1.79. The number of nitrogens with one attached hydrogen (secondary N) is 2. The molecule has 0 saturated carbocycles. The molecule has 0 spiro atoms. The molecular formula is C21H30N4O2. The topological polar surface area (TPSA) is 67.8 Å². The Kier molecular flexibility index (Phi) is 7.92. The highest BCUT2D eigenvalue weighted by molar-refractivity contribution is 5.79. The average molecular weight is 370 g/mol. The maximum atomic E-state index is 5.56. The molecule has 6 nitrogen and oxygen atoms in total. The zero-order valence-electron chi connectivity index (χ0n) is 16.9. The van der Waals surface area contributed by atoms with Gasteiger partial charge in [0.25, 0.3) is 0 Å². The SMILES string of the molecule is CN=C(NCCc1ccc(C)c(OC)c1)NCc1ccc(OC(C)C)nc1. The van der Waals surface area contributed by atoms with Crippen LogP contribution >= 0.6 is 0 Å². The van der Waals surface area contributed by atoms with Crippen molar-refractivity contribution in [2.45, 2.75) is 39.8 Å². The molecule has 6 heteroatoms. The van der Waals surface area contributed by atoms with Gasteiger partial charge in [-0.05, 0) is 49.9 Å². The first kappa shape index (κ1) is 20.6. The number of ether oxygens (including phenoxy) is 2. The van der Waals surface area contributed by atoms with Crippen LogP contribution < -0.4 is 20.1 Å². The lowest BCUT2D eigenvalue weighted by molar-refractivity contribution is 0.232. The minimum Gasteiger partial charge on any atom is -0.496 e. The minimum atomic E-state index is 0.123. The van der Waals surface area contributed by atoms with Crippen molar-refractivity contribution in [1.29, 1.82) is 0 Å². The van der Waals surface area contributed by atoms with Gasteiger partial charge < -0.3 is 20.1 Å². The van der Waals surface area contributed by atoms with Gasteiger partial charge in [0.15, 0.2) is 5.96 Å². The summed E-state index contributed by atoms with van der Waals surface area (Å²) in [6.07, 6.45) is 2.83. The number of guanidine groups is 1. The molecule has 146 valence electrons. The van der Waals surface area contributed by atoms with Crippen LogP contribution in [0.4, 0.5) is 0 Å². The van der Waals surface area contributed by atoms with E-state index in [2.05, 4.69) is 38.8 Å². The molecule has 1 heterocycles. The van der Waals surface area contributed by atoms with E-state index in [0.717, 1.165) is 35.8 Å². The zero-order chi connectivity index (χ0) is 19.6. The molecule has 0 fully saturated rings. The highest BCUT2D eigenvalue weighted by Gasteiger charge is 2.03. The highest BCUT2D eigenvalue weighted by Crippen LogP contribution is 2.19. The molecule has 0 aliphatic carbocycles. The van der Waals surface area contributed by atoms with E-state index >= 15 is 0 Å². The van der Waals surface area contributed by atoms with E-state index < -0.39 is 0 Å². The Bertz CT molecular complexity index is 742. The maximum Gasteiger partial charge on any atom is 0.213 e. The van der Waals surface area contributed by atoms with Gasteiger partial charge in [-0.25, -0.2) is 4.98 Å². The lowest BCUT2D eigenvalue weighted by atomic mass is 10.1. The number of nitrogens with zero attached hydrogens (tertiary/aromatic N) is 2. The first-order valence-corrected chi connectivity index (χ1v) is 9.21. The minimum absolute atomic E-state index is 0.123. The fourth-order valence-corrected chi connectivity index (χ4v) is 2.58. The van der Waals surface area contributed by atoms with Gasteiger partial charge in [-0.1, -0.05) is 18.2 Å². The Hall–Kier alpha value is -2.76. The van der Waals surface area contributed by atoms with Crippen molar-refractivity contribution in [2.75, 3.05) is 20.7 Å². The summed E-state index contributed by atoms with van der Waals surface area (Å²) < 4.78 is 10.9. The highest BCUT2D eigenvalue weighted by atomic mass is 16.5. The van der Waals surface area contributed by atoms with E-state index in [1.807, 2.05) is 39.1 Å². The molecule has 0 amide bonds. The average Bonchev–Trinajstić information content (AvgIpc) is 2.66. The zero-order valence-corrected chi connectivity index (χ0v) is 16.9. The maximum absolute atomic E-state index is 5.56. The lowest BCUT2D eigenvalue weighted by Crippen LogP contribution is -2.37. The number of aromatic nitrogens is 1. The van der Waals surface area contributed by atoms with Crippen molar-refractivity contribution in [3.05, 3.63) is 53.2 Å². The summed E-state index contributed by atoms with van der Waals surface area (Å²) in [6, 6.07) is 10.2. The number of pyridine rings is 1. The van der Waals surface area contributed by atoms with Gasteiger partial charge in [0.1, 0.15) is 5.75 Å². The molecule has 27 heavy (non-hydrogen) atoms. The van der Waals surface area contributed by atoms with E-state index in [-0.39, 0.29) is 6.10 Å². The second-order valence-electron chi connectivity index (χ2n) is 6.58. The van der Waals surface area contributed by atoms with Crippen LogP contribution in [0.5, 0.6) is 11.6 Å². The van der Waals surface area contributed by atoms with Gasteiger partial charge in [-0.2, -0.15) is 0 Å². The molecule has 2 N–H and O–H groups in total. The number of rotatable bonds is 8. The summed E-state index contributed by atoms with van der Waals surface area (Å²) in [5, 5.41) is 6.63. The van der Waals surface area contributed by atoms with Crippen molar-refractivity contribution >= 4 is 5.96 Å². The quantitative estimate of drug-likeness (QED) is 0.552. The third-order valence-electron chi connectivity index (χ3n) is 4.02. The predicted octanol–water partition coefficient (Wildman–Crippen LogP) is 3.09. The van der Waals surface area contributed by atoms with E-state index in [9.17, 15) is 0 Å². The smallest absolute Gasteiger partial charge is 0.213 e. The number of benzene rings is 1. The van der Waals surface area contributed by atoms with Crippen LogP contribution in [0, 0.1) is 6.92 Å². The molecule has 0 aliphatic heterocycles. The molecule has 2 rings (SSSR count). The Morgan fingerprint density at radius 3 is 2.56 bits per heavy atom. The largest absolute Gasteiger partial charge is 0.496 e. The van der Waals surface area contributed by atoms with Crippen LogP contribution in [-0.4, -0.2) is 37.7 Å². The summed E-state index contributed by atoms with van der Waals surface area (Å²) in [7, 11) is 3.47. The van der Waals surface area contributed by atoms with Crippen LogP contribution in [0.2, 0.25) is 0 Å². The number of aryl methyl sites for hydroxylation is 1. The van der Waals surface area contributed by atoms with Gasteiger partial charge in [-0.15, -0.1) is 0 Å². The Morgan fingerprint density at radius 1 is 1.15 bits per heavy atom. The number of hydrogen-bond donors (Lipinski definition) is 2.